The normalized spacial score (nSPS) is 20.9. The summed E-state index contributed by atoms with van der Waals surface area (Å²) in [6.45, 7) is 2.18. The van der Waals surface area contributed by atoms with E-state index in [0.29, 0.717) is 12.0 Å². The van der Waals surface area contributed by atoms with E-state index in [0.717, 1.165) is 5.65 Å². The smallest absolute Gasteiger partial charge is 0.141 e. The van der Waals surface area contributed by atoms with Gasteiger partial charge >= 0.3 is 0 Å². The molecule has 2 saturated carbocycles. The van der Waals surface area contributed by atoms with Crippen molar-refractivity contribution in [2.45, 2.75) is 83.1 Å². The van der Waals surface area contributed by atoms with E-state index in [-0.39, 0.29) is 0 Å². The summed E-state index contributed by atoms with van der Waals surface area (Å²) in [6.07, 6.45) is 15.7. The zero-order chi connectivity index (χ0) is 15.6. The largest absolute Gasteiger partial charge is 0.367 e. The minimum atomic E-state index is 0.631. The number of fused-ring (bicyclic) bond motifs is 1. The lowest BCUT2D eigenvalue weighted by Crippen LogP contribution is -2.24. The van der Waals surface area contributed by atoms with E-state index in [2.05, 4.69) is 35.0 Å². The maximum Gasteiger partial charge on any atom is 0.141 e. The molecule has 124 valence electrons. The molecule has 2 aromatic rings. The molecule has 0 spiro atoms. The number of hydrogen-bond donors (Lipinski definition) is 1. The van der Waals surface area contributed by atoms with Gasteiger partial charge in [-0.3, -0.25) is 4.40 Å². The molecule has 2 heterocycles. The number of aromatic nitrogens is 2. The third-order valence-corrected chi connectivity index (χ3v) is 5.81. The van der Waals surface area contributed by atoms with Crippen LogP contribution >= 0.6 is 0 Å². The predicted octanol–water partition coefficient (Wildman–Crippen LogP) is 5.44. The van der Waals surface area contributed by atoms with Gasteiger partial charge in [0.2, 0.25) is 0 Å². The number of pyridine rings is 1. The van der Waals surface area contributed by atoms with Crippen molar-refractivity contribution in [3.05, 3.63) is 29.6 Å². The fourth-order valence-corrected chi connectivity index (χ4v) is 4.47. The van der Waals surface area contributed by atoms with Crippen LogP contribution in [0.4, 0.5) is 5.82 Å². The highest BCUT2D eigenvalue weighted by Crippen LogP contribution is 2.37. The summed E-state index contributed by atoms with van der Waals surface area (Å²) in [4.78, 5) is 5.10. The lowest BCUT2D eigenvalue weighted by Gasteiger charge is -2.26. The van der Waals surface area contributed by atoms with Gasteiger partial charge in [-0.1, -0.05) is 44.6 Å². The van der Waals surface area contributed by atoms with Crippen molar-refractivity contribution in [2.75, 3.05) is 5.32 Å². The van der Waals surface area contributed by atoms with Crippen molar-refractivity contribution < 1.29 is 0 Å². The van der Waals surface area contributed by atoms with Gasteiger partial charge in [-0.15, -0.1) is 0 Å². The molecule has 0 aromatic carbocycles. The van der Waals surface area contributed by atoms with E-state index in [1.54, 1.807) is 0 Å². The maximum absolute atomic E-state index is 5.10. The molecule has 2 aliphatic rings. The van der Waals surface area contributed by atoms with Gasteiger partial charge in [0.05, 0.1) is 5.69 Å². The fraction of sp³-hybridized carbons (Fsp3) is 0.650. The molecule has 0 saturated heterocycles. The molecule has 2 aliphatic carbocycles. The minimum absolute atomic E-state index is 0.631. The Bertz CT molecular complexity index is 661. The number of imidazole rings is 1. The Morgan fingerprint density at radius 1 is 1.00 bits per heavy atom. The van der Waals surface area contributed by atoms with E-state index in [1.165, 1.54) is 81.3 Å². The Morgan fingerprint density at radius 3 is 2.43 bits per heavy atom. The number of aryl methyl sites for hydroxylation is 1. The first-order valence-corrected chi connectivity index (χ1v) is 9.57. The first kappa shape index (κ1) is 15.0. The Hall–Kier alpha value is -1.51. The van der Waals surface area contributed by atoms with Crippen LogP contribution in [0.5, 0.6) is 0 Å². The predicted molar refractivity (Wildman–Crippen MR) is 96.3 cm³/mol. The summed E-state index contributed by atoms with van der Waals surface area (Å²) in [7, 11) is 0. The van der Waals surface area contributed by atoms with E-state index in [9.17, 15) is 0 Å². The van der Waals surface area contributed by atoms with Crippen LogP contribution in [0, 0.1) is 6.92 Å². The number of hydrogen-bond acceptors (Lipinski definition) is 2. The molecular weight excluding hydrogens is 282 g/mol. The van der Waals surface area contributed by atoms with Crippen LogP contribution in [0.1, 0.15) is 81.4 Å². The van der Waals surface area contributed by atoms with Crippen LogP contribution in [0.3, 0.4) is 0 Å². The summed E-state index contributed by atoms with van der Waals surface area (Å²) in [5, 5.41) is 3.90. The van der Waals surface area contributed by atoms with Gasteiger partial charge in [0.1, 0.15) is 11.5 Å². The van der Waals surface area contributed by atoms with E-state index in [4.69, 9.17) is 4.98 Å². The minimum Gasteiger partial charge on any atom is -0.367 e. The average Bonchev–Trinajstić information content (AvgIpc) is 2.97. The molecule has 0 atom stereocenters. The monoisotopic (exact) mass is 311 g/mol. The summed E-state index contributed by atoms with van der Waals surface area (Å²) in [5.41, 5.74) is 3.76. The topological polar surface area (TPSA) is 29.3 Å². The second-order valence-corrected chi connectivity index (χ2v) is 7.54. The molecule has 1 N–H and O–H groups in total. The van der Waals surface area contributed by atoms with Crippen LogP contribution in [0.2, 0.25) is 0 Å². The number of rotatable bonds is 3. The van der Waals surface area contributed by atoms with Gasteiger partial charge in [0, 0.05) is 18.2 Å². The van der Waals surface area contributed by atoms with E-state index >= 15 is 0 Å². The van der Waals surface area contributed by atoms with Crippen LogP contribution in [-0.4, -0.2) is 15.4 Å². The summed E-state index contributed by atoms with van der Waals surface area (Å²) < 4.78 is 2.31. The standard InChI is InChI=1S/C20H29N3/c1-15-9-8-14-23-19(15)22-18(16-10-4-2-5-11-16)20(23)21-17-12-6-3-7-13-17/h8-9,14,16-17,21H,2-7,10-13H2,1H3. The molecule has 2 fully saturated rings. The van der Waals surface area contributed by atoms with Crippen molar-refractivity contribution in [2.24, 2.45) is 0 Å². The van der Waals surface area contributed by atoms with Gasteiger partial charge in [-0.2, -0.15) is 0 Å². The zero-order valence-corrected chi connectivity index (χ0v) is 14.4. The van der Waals surface area contributed by atoms with Gasteiger partial charge in [0.25, 0.3) is 0 Å². The van der Waals surface area contributed by atoms with E-state index in [1.807, 2.05) is 0 Å². The first-order chi connectivity index (χ1) is 11.3. The van der Waals surface area contributed by atoms with Crippen molar-refractivity contribution in [3.63, 3.8) is 0 Å². The highest BCUT2D eigenvalue weighted by Gasteiger charge is 2.25. The van der Waals surface area contributed by atoms with E-state index < -0.39 is 0 Å². The van der Waals surface area contributed by atoms with Crippen LogP contribution in [0.15, 0.2) is 18.3 Å². The zero-order valence-electron chi connectivity index (χ0n) is 14.4. The quantitative estimate of drug-likeness (QED) is 0.818. The van der Waals surface area contributed by atoms with Gasteiger partial charge in [-0.25, -0.2) is 4.98 Å². The molecule has 4 rings (SSSR count). The lowest BCUT2D eigenvalue weighted by molar-refractivity contribution is 0.435. The average molecular weight is 311 g/mol. The van der Waals surface area contributed by atoms with Gasteiger partial charge in [0.15, 0.2) is 0 Å². The van der Waals surface area contributed by atoms with Crippen molar-refractivity contribution in [1.82, 2.24) is 9.38 Å². The SMILES string of the molecule is Cc1cccn2c(NC3CCCCC3)c(C3CCCCC3)nc12. The Balaban J connectivity index is 1.73. The Kier molecular flexibility index (Phi) is 4.28. The second-order valence-electron chi connectivity index (χ2n) is 7.54. The lowest BCUT2D eigenvalue weighted by atomic mass is 9.86. The summed E-state index contributed by atoms with van der Waals surface area (Å²) in [5.74, 6) is 1.94. The molecule has 3 heteroatoms. The number of anilines is 1. The summed E-state index contributed by atoms with van der Waals surface area (Å²) >= 11 is 0. The molecule has 3 nitrogen and oxygen atoms in total. The third kappa shape index (κ3) is 2.98. The summed E-state index contributed by atoms with van der Waals surface area (Å²) in [6, 6.07) is 4.96. The van der Waals surface area contributed by atoms with Crippen molar-refractivity contribution in [1.29, 1.82) is 0 Å². The van der Waals surface area contributed by atoms with Crippen LogP contribution in [-0.2, 0) is 0 Å². The molecule has 0 amide bonds. The first-order valence-electron chi connectivity index (χ1n) is 9.57. The Morgan fingerprint density at radius 2 is 1.70 bits per heavy atom. The van der Waals surface area contributed by atoms with Crippen LogP contribution < -0.4 is 5.32 Å². The molecule has 2 aromatic heterocycles. The van der Waals surface area contributed by atoms with Crippen molar-refractivity contribution >= 4 is 11.5 Å². The van der Waals surface area contributed by atoms with Gasteiger partial charge < -0.3 is 5.32 Å². The molecule has 0 aliphatic heterocycles. The molecule has 0 radical (unpaired) electrons. The molecule has 0 bridgehead atoms. The third-order valence-electron chi connectivity index (χ3n) is 5.81. The molecular formula is C20H29N3. The second kappa shape index (κ2) is 6.54. The Labute approximate surface area is 139 Å². The number of nitrogens with zero attached hydrogens (tertiary/aromatic N) is 2. The van der Waals surface area contributed by atoms with Gasteiger partial charge in [-0.05, 0) is 44.2 Å². The molecule has 23 heavy (non-hydrogen) atoms. The fourth-order valence-electron chi connectivity index (χ4n) is 4.47. The highest BCUT2D eigenvalue weighted by molar-refractivity contribution is 5.60. The highest BCUT2D eigenvalue weighted by atomic mass is 15.1. The maximum atomic E-state index is 5.10. The van der Waals surface area contributed by atoms with Crippen molar-refractivity contribution in [3.8, 4) is 0 Å². The van der Waals surface area contributed by atoms with Crippen LogP contribution in [0.25, 0.3) is 5.65 Å². The number of nitrogens with one attached hydrogen (secondary N) is 1. The molecule has 0 unspecified atom stereocenters.